The maximum Gasteiger partial charge on any atom is 0.280 e. The Morgan fingerprint density at radius 1 is 1.29 bits per heavy atom. The van der Waals surface area contributed by atoms with Gasteiger partial charge in [0.2, 0.25) is 5.88 Å². The first-order valence-electron chi connectivity index (χ1n) is 8.63. The van der Waals surface area contributed by atoms with Crippen molar-refractivity contribution in [3.63, 3.8) is 0 Å². The van der Waals surface area contributed by atoms with Gasteiger partial charge in [-0.1, -0.05) is 0 Å². The van der Waals surface area contributed by atoms with Gasteiger partial charge in [0.15, 0.2) is 5.65 Å². The van der Waals surface area contributed by atoms with E-state index in [1.807, 2.05) is 26.8 Å². The lowest BCUT2D eigenvalue weighted by molar-refractivity contribution is -0.0589. The van der Waals surface area contributed by atoms with Gasteiger partial charge in [0.25, 0.3) is 5.91 Å². The monoisotopic (exact) mass is 385 g/mol. The van der Waals surface area contributed by atoms with Crippen molar-refractivity contribution in [2.45, 2.75) is 26.4 Å². The van der Waals surface area contributed by atoms with Crippen molar-refractivity contribution in [3.8, 4) is 5.88 Å². The van der Waals surface area contributed by atoms with Crippen LogP contribution in [-0.4, -0.2) is 45.2 Å². The molecule has 0 fully saturated rings. The summed E-state index contributed by atoms with van der Waals surface area (Å²) in [6.45, 7) is 5.51. The molecular weight excluding hydrogens is 362 g/mol. The van der Waals surface area contributed by atoms with Crippen LogP contribution in [0.3, 0.4) is 0 Å². The van der Waals surface area contributed by atoms with Gasteiger partial charge in [-0.05, 0) is 32.9 Å². The number of pyridine rings is 1. The van der Waals surface area contributed by atoms with Crippen LogP contribution in [0.25, 0.3) is 5.65 Å². The van der Waals surface area contributed by atoms with E-state index in [1.165, 1.54) is 17.8 Å². The SMILES string of the molecule is CNc1cc(Nc2cccnc2OC)nc2c(C(=O)NOC(C)(C)C)cnn12. The maximum atomic E-state index is 12.5. The number of methoxy groups -OCH3 is 1. The number of nitrogens with one attached hydrogen (secondary N) is 3. The molecule has 3 heterocycles. The second-order valence-corrected chi connectivity index (χ2v) is 6.90. The number of rotatable bonds is 6. The normalized spacial score (nSPS) is 11.3. The number of fused-ring (bicyclic) bond motifs is 1. The summed E-state index contributed by atoms with van der Waals surface area (Å²) in [5.41, 5.74) is 3.21. The minimum absolute atomic E-state index is 0.280. The molecule has 10 nitrogen and oxygen atoms in total. The molecular formula is C18H23N7O3. The van der Waals surface area contributed by atoms with Gasteiger partial charge in [-0.2, -0.15) is 9.61 Å². The van der Waals surface area contributed by atoms with Crippen molar-refractivity contribution in [2.75, 3.05) is 24.8 Å². The van der Waals surface area contributed by atoms with Crippen molar-refractivity contribution in [1.29, 1.82) is 0 Å². The molecule has 10 heteroatoms. The Labute approximate surface area is 162 Å². The Hall–Kier alpha value is -3.40. The third-order valence-electron chi connectivity index (χ3n) is 3.65. The zero-order valence-electron chi connectivity index (χ0n) is 16.4. The molecule has 0 aliphatic heterocycles. The number of anilines is 3. The maximum absolute atomic E-state index is 12.5. The Kier molecular flexibility index (Phi) is 5.32. The van der Waals surface area contributed by atoms with Crippen molar-refractivity contribution >= 4 is 28.9 Å². The highest BCUT2D eigenvalue weighted by Gasteiger charge is 2.20. The van der Waals surface area contributed by atoms with E-state index in [0.717, 1.165) is 0 Å². The lowest BCUT2D eigenvalue weighted by atomic mass is 10.2. The Morgan fingerprint density at radius 3 is 2.75 bits per heavy atom. The van der Waals surface area contributed by atoms with Crippen LogP contribution in [0.4, 0.5) is 17.3 Å². The fourth-order valence-corrected chi connectivity index (χ4v) is 2.41. The Balaban J connectivity index is 1.98. The van der Waals surface area contributed by atoms with Gasteiger partial charge in [0, 0.05) is 19.3 Å². The van der Waals surface area contributed by atoms with Crippen LogP contribution in [-0.2, 0) is 4.84 Å². The third-order valence-corrected chi connectivity index (χ3v) is 3.65. The van der Waals surface area contributed by atoms with Crippen molar-refractivity contribution in [2.24, 2.45) is 0 Å². The van der Waals surface area contributed by atoms with Gasteiger partial charge >= 0.3 is 0 Å². The number of carbonyl (C=O) groups is 1. The van der Waals surface area contributed by atoms with E-state index in [2.05, 4.69) is 31.2 Å². The van der Waals surface area contributed by atoms with E-state index in [0.29, 0.717) is 28.9 Å². The van der Waals surface area contributed by atoms with Crippen LogP contribution in [0, 0.1) is 0 Å². The molecule has 0 saturated carbocycles. The highest BCUT2D eigenvalue weighted by molar-refractivity contribution is 5.99. The number of hydroxylamine groups is 1. The van der Waals surface area contributed by atoms with Gasteiger partial charge in [-0.25, -0.2) is 15.4 Å². The smallest absolute Gasteiger partial charge is 0.280 e. The lowest BCUT2D eigenvalue weighted by Gasteiger charge is -2.18. The highest BCUT2D eigenvalue weighted by Crippen LogP contribution is 2.26. The first-order chi connectivity index (χ1) is 13.3. The molecule has 3 N–H and O–H groups in total. The topological polar surface area (TPSA) is 115 Å². The zero-order valence-corrected chi connectivity index (χ0v) is 16.4. The Morgan fingerprint density at radius 2 is 2.07 bits per heavy atom. The number of nitrogens with zero attached hydrogens (tertiary/aromatic N) is 4. The molecule has 1 amide bonds. The van der Waals surface area contributed by atoms with Gasteiger partial charge in [0.05, 0.1) is 18.9 Å². The molecule has 0 unspecified atom stereocenters. The largest absolute Gasteiger partial charge is 0.480 e. The van der Waals surface area contributed by atoms with E-state index < -0.39 is 11.5 Å². The molecule has 0 radical (unpaired) electrons. The summed E-state index contributed by atoms with van der Waals surface area (Å²) in [4.78, 5) is 26.6. The molecule has 3 aromatic rings. The van der Waals surface area contributed by atoms with Crippen LogP contribution >= 0.6 is 0 Å². The van der Waals surface area contributed by atoms with Crippen LogP contribution in [0.15, 0.2) is 30.6 Å². The van der Waals surface area contributed by atoms with Gasteiger partial charge in [0.1, 0.15) is 22.9 Å². The van der Waals surface area contributed by atoms with Gasteiger partial charge in [-0.3, -0.25) is 9.63 Å². The van der Waals surface area contributed by atoms with E-state index in [1.54, 1.807) is 25.4 Å². The molecule has 0 spiro atoms. The number of hydrogen-bond donors (Lipinski definition) is 3. The van der Waals surface area contributed by atoms with Crippen LogP contribution in [0.2, 0.25) is 0 Å². The second kappa shape index (κ2) is 7.69. The summed E-state index contributed by atoms with van der Waals surface area (Å²) >= 11 is 0. The predicted octanol–water partition coefficient (Wildman–Crippen LogP) is 2.38. The van der Waals surface area contributed by atoms with E-state index in [9.17, 15) is 4.79 Å². The summed E-state index contributed by atoms with van der Waals surface area (Å²) in [5, 5.41) is 10.5. The summed E-state index contributed by atoms with van der Waals surface area (Å²) in [5.74, 6) is 1.14. The number of hydrogen-bond acceptors (Lipinski definition) is 8. The van der Waals surface area contributed by atoms with Crippen molar-refractivity contribution in [1.82, 2.24) is 25.1 Å². The van der Waals surface area contributed by atoms with Crippen LogP contribution < -0.4 is 20.9 Å². The van der Waals surface area contributed by atoms with E-state index in [4.69, 9.17) is 9.57 Å². The zero-order chi connectivity index (χ0) is 20.3. The van der Waals surface area contributed by atoms with E-state index in [-0.39, 0.29) is 5.56 Å². The standard InChI is InChI=1S/C18H23N7O3/c1-18(2,3)28-24-16(26)11-10-21-25-14(19-4)9-13(23-15(11)25)22-12-7-6-8-20-17(12)27-5/h6-10,19H,1-5H3,(H,22,23)(H,24,26). The van der Waals surface area contributed by atoms with Gasteiger partial charge in [-0.15, -0.1) is 0 Å². The quantitative estimate of drug-likeness (QED) is 0.554. The minimum atomic E-state index is -0.522. The second-order valence-electron chi connectivity index (χ2n) is 6.90. The predicted molar refractivity (Wildman–Crippen MR) is 105 cm³/mol. The van der Waals surface area contributed by atoms with Crippen molar-refractivity contribution < 1.29 is 14.4 Å². The molecule has 3 rings (SSSR count). The van der Waals surface area contributed by atoms with Gasteiger partial charge < -0.3 is 15.4 Å². The molecule has 28 heavy (non-hydrogen) atoms. The molecule has 148 valence electrons. The summed E-state index contributed by atoms with van der Waals surface area (Å²) < 4.78 is 6.80. The first-order valence-corrected chi connectivity index (χ1v) is 8.63. The minimum Gasteiger partial charge on any atom is -0.480 e. The van der Waals surface area contributed by atoms with Crippen LogP contribution in [0.5, 0.6) is 5.88 Å². The molecule has 0 atom stereocenters. The van der Waals surface area contributed by atoms with Crippen molar-refractivity contribution in [3.05, 3.63) is 36.2 Å². The van der Waals surface area contributed by atoms with Crippen LogP contribution in [0.1, 0.15) is 31.1 Å². The molecule has 0 aliphatic carbocycles. The average Bonchev–Trinajstić information content (AvgIpc) is 3.09. The first kappa shape index (κ1) is 19.4. The summed E-state index contributed by atoms with van der Waals surface area (Å²) in [6, 6.07) is 5.36. The summed E-state index contributed by atoms with van der Waals surface area (Å²) in [6.07, 6.45) is 3.08. The number of aromatic nitrogens is 4. The van der Waals surface area contributed by atoms with E-state index >= 15 is 0 Å². The number of amides is 1. The number of carbonyl (C=O) groups excluding carboxylic acids is 1. The fourth-order valence-electron chi connectivity index (χ4n) is 2.41. The average molecular weight is 385 g/mol. The number of ether oxygens (including phenoxy) is 1. The molecule has 3 aromatic heterocycles. The lowest BCUT2D eigenvalue weighted by Crippen LogP contribution is -2.33. The molecule has 0 saturated heterocycles. The highest BCUT2D eigenvalue weighted by atomic mass is 16.7. The molecule has 0 aliphatic rings. The fraction of sp³-hybridized carbons (Fsp3) is 0.333. The Bertz CT molecular complexity index is 994. The molecule has 0 bridgehead atoms. The molecule has 0 aromatic carbocycles. The third kappa shape index (κ3) is 4.12. The summed E-state index contributed by atoms with van der Waals surface area (Å²) in [7, 11) is 3.30.